The minimum Gasteiger partial charge on any atom is -0.464 e. The van der Waals surface area contributed by atoms with E-state index in [1.165, 1.54) is 33.1 Å². The van der Waals surface area contributed by atoms with E-state index in [0.717, 1.165) is 45.2 Å². The Morgan fingerprint density at radius 3 is 3.00 bits per heavy atom. The number of hydrogen-bond acceptors (Lipinski definition) is 4. The number of carbonyl (C=O) groups excluding carboxylic acids is 1. The molecule has 5 rings (SSSR count). The van der Waals surface area contributed by atoms with Crippen molar-refractivity contribution in [1.29, 1.82) is 0 Å². The number of nitrogens with zero attached hydrogens (tertiary/aromatic N) is 2. The Labute approximate surface area is 187 Å². The monoisotopic (exact) mass is 473 g/mol. The van der Waals surface area contributed by atoms with Crippen molar-refractivity contribution in [2.45, 2.75) is 56.5 Å². The lowest BCUT2D eigenvalue weighted by molar-refractivity contribution is -0.148. The number of nitrogens with one attached hydrogen (secondary N) is 1. The number of fused-ring (bicyclic) bond motifs is 2. The van der Waals surface area contributed by atoms with Crippen molar-refractivity contribution < 1.29 is 9.53 Å². The number of carbonyl (C=O) groups is 1. The highest BCUT2D eigenvalue weighted by atomic mass is 79.9. The Hall–Kier alpha value is -1.37. The molecule has 4 atom stereocenters. The number of likely N-dealkylation sites (tertiary alicyclic amines) is 1. The second-order valence-electron chi connectivity index (χ2n) is 9.48. The molecule has 1 aromatic carbocycles. The summed E-state index contributed by atoms with van der Waals surface area (Å²) in [5, 5.41) is 4.80. The van der Waals surface area contributed by atoms with E-state index >= 15 is 0 Å². The quantitative estimate of drug-likeness (QED) is 0.684. The fourth-order valence-electron chi connectivity index (χ4n) is 6.01. The number of likely N-dealkylation sites (N-methyl/N-ethyl adjacent to an activating group) is 1. The normalized spacial score (nSPS) is 29.4. The number of rotatable bonds is 3. The highest BCUT2D eigenvalue weighted by Gasteiger charge is 2.41. The Morgan fingerprint density at radius 2 is 2.13 bits per heavy atom. The summed E-state index contributed by atoms with van der Waals surface area (Å²) >= 11 is 3.84. The van der Waals surface area contributed by atoms with Crippen LogP contribution in [0, 0.1) is 5.92 Å². The summed E-state index contributed by atoms with van der Waals surface area (Å²) in [7, 11) is 4.38. The predicted molar refractivity (Wildman–Crippen MR) is 123 cm³/mol. The van der Waals surface area contributed by atoms with Crippen LogP contribution in [0.15, 0.2) is 22.8 Å². The Morgan fingerprint density at radius 1 is 1.27 bits per heavy atom. The lowest BCUT2D eigenvalue weighted by atomic mass is 9.72. The van der Waals surface area contributed by atoms with Crippen LogP contribution in [0.25, 0.3) is 10.9 Å². The summed E-state index contributed by atoms with van der Waals surface area (Å²) in [6.07, 6.45) is 6.54. The second-order valence-corrected chi connectivity index (χ2v) is 10.2. The van der Waals surface area contributed by atoms with Gasteiger partial charge in [0.2, 0.25) is 0 Å². The topological polar surface area (TPSA) is 46.5 Å². The fraction of sp³-hybridized carbons (Fsp3) is 0.625. The van der Waals surface area contributed by atoms with Crippen LogP contribution in [0.5, 0.6) is 0 Å². The van der Waals surface area contributed by atoms with Crippen LogP contribution in [0.4, 0.5) is 0 Å². The van der Waals surface area contributed by atoms with Gasteiger partial charge in [0.25, 0.3) is 0 Å². The van der Waals surface area contributed by atoms with E-state index in [0.29, 0.717) is 24.5 Å². The van der Waals surface area contributed by atoms with Crippen LogP contribution in [0.3, 0.4) is 0 Å². The van der Waals surface area contributed by atoms with Crippen molar-refractivity contribution >= 4 is 32.8 Å². The van der Waals surface area contributed by atoms with E-state index in [-0.39, 0.29) is 12.0 Å². The van der Waals surface area contributed by atoms with Gasteiger partial charge in [-0.1, -0.05) is 25.0 Å². The molecule has 0 amide bonds. The molecule has 162 valence electrons. The van der Waals surface area contributed by atoms with Gasteiger partial charge in [-0.2, -0.15) is 0 Å². The van der Waals surface area contributed by atoms with E-state index in [4.69, 9.17) is 4.74 Å². The van der Waals surface area contributed by atoms with Gasteiger partial charge in [-0.25, -0.2) is 0 Å². The lowest BCUT2D eigenvalue weighted by Gasteiger charge is -2.45. The SMILES string of the molecule is CN1C[C@H](COC(=O)[C@H]2CCCCCN2)C[C@@H]2c3cccc4c3c(c(Br)n4C)C[C@H]21. The molecule has 0 radical (unpaired) electrons. The Bertz CT molecular complexity index is 948. The van der Waals surface area contributed by atoms with E-state index in [1.807, 2.05) is 0 Å². The first-order chi connectivity index (χ1) is 14.5. The maximum absolute atomic E-state index is 12.6. The molecule has 5 nitrogen and oxygen atoms in total. The Balaban J connectivity index is 1.33. The van der Waals surface area contributed by atoms with Gasteiger partial charge < -0.3 is 19.5 Å². The van der Waals surface area contributed by atoms with Gasteiger partial charge in [0.05, 0.1) is 11.2 Å². The van der Waals surface area contributed by atoms with Gasteiger partial charge in [-0.15, -0.1) is 0 Å². The van der Waals surface area contributed by atoms with Gasteiger partial charge in [0, 0.05) is 42.4 Å². The number of ether oxygens (including phenoxy) is 1. The minimum absolute atomic E-state index is 0.0540. The maximum atomic E-state index is 12.6. The maximum Gasteiger partial charge on any atom is 0.323 e. The zero-order valence-corrected chi connectivity index (χ0v) is 19.6. The first-order valence-corrected chi connectivity index (χ1v) is 12.2. The largest absolute Gasteiger partial charge is 0.464 e. The number of aromatic nitrogens is 1. The summed E-state index contributed by atoms with van der Waals surface area (Å²) in [6.45, 7) is 2.45. The molecule has 3 heterocycles. The van der Waals surface area contributed by atoms with E-state index in [9.17, 15) is 4.79 Å². The standard InChI is InChI=1S/C24H32BrN3O2/c1-27-13-15(14-30-24(29)19-8-4-3-5-10-26-19)11-17-16-7-6-9-20-22(16)18(12-21(17)27)23(25)28(20)2/h6-7,9,15,17,19,21,26H,3-5,8,10-14H2,1-2H3/t15-,17-,19-,21-/m1/s1. The summed E-state index contributed by atoms with van der Waals surface area (Å²) in [4.78, 5) is 15.1. The van der Waals surface area contributed by atoms with Gasteiger partial charge >= 0.3 is 5.97 Å². The summed E-state index contributed by atoms with van der Waals surface area (Å²) in [5.74, 6) is 0.825. The first-order valence-electron chi connectivity index (χ1n) is 11.4. The lowest BCUT2D eigenvalue weighted by Crippen LogP contribution is -2.49. The van der Waals surface area contributed by atoms with Crippen molar-refractivity contribution in [1.82, 2.24) is 14.8 Å². The molecule has 2 aliphatic heterocycles. The van der Waals surface area contributed by atoms with Gasteiger partial charge in [-0.3, -0.25) is 4.79 Å². The summed E-state index contributed by atoms with van der Waals surface area (Å²) in [5.41, 5.74) is 4.22. The molecule has 1 aliphatic carbocycles. The molecule has 30 heavy (non-hydrogen) atoms. The number of esters is 1. The highest BCUT2D eigenvalue weighted by Crippen LogP contribution is 2.47. The van der Waals surface area contributed by atoms with Crippen LogP contribution in [0.1, 0.15) is 49.1 Å². The van der Waals surface area contributed by atoms with Crippen molar-refractivity contribution in [2.24, 2.45) is 13.0 Å². The van der Waals surface area contributed by atoms with Crippen LogP contribution in [0.2, 0.25) is 0 Å². The highest BCUT2D eigenvalue weighted by molar-refractivity contribution is 9.10. The number of hydrogen-bond donors (Lipinski definition) is 1. The first kappa shape index (κ1) is 20.5. The van der Waals surface area contributed by atoms with Gasteiger partial charge in [0.15, 0.2) is 0 Å². The minimum atomic E-state index is -0.116. The van der Waals surface area contributed by atoms with E-state index < -0.39 is 0 Å². The molecular formula is C24H32BrN3O2. The molecule has 6 heteroatoms. The number of halogens is 1. The molecule has 0 saturated carbocycles. The average molecular weight is 474 g/mol. The second kappa shape index (κ2) is 8.29. The number of aryl methyl sites for hydroxylation is 1. The van der Waals surface area contributed by atoms with Crippen molar-refractivity contribution in [3.8, 4) is 0 Å². The average Bonchev–Trinajstić information content (AvgIpc) is 2.95. The molecule has 2 saturated heterocycles. The molecule has 0 unspecified atom stereocenters. The molecular weight excluding hydrogens is 442 g/mol. The van der Waals surface area contributed by atoms with Crippen molar-refractivity contribution in [3.63, 3.8) is 0 Å². The predicted octanol–water partition coefficient (Wildman–Crippen LogP) is 3.98. The summed E-state index contributed by atoms with van der Waals surface area (Å²) < 4.78 is 9.31. The van der Waals surface area contributed by atoms with Crippen molar-refractivity contribution in [2.75, 3.05) is 26.7 Å². The molecule has 1 N–H and O–H groups in total. The number of benzene rings is 1. The van der Waals surface area contributed by atoms with Crippen molar-refractivity contribution in [3.05, 3.63) is 33.9 Å². The molecule has 2 fully saturated rings. The third-order valence-electron chi connectivity index (χ3n) is 7.56. The molecule has 2 aromatic rings. The molecule has 3 aliphatic rings. The smallest absolute Gasteiger partial charge is 0.323 e. The van der Waals surface area contributed by atoms with Crippen LogP contribution in [-0.4, -0.2) is 54.3 Å². The zero-order chi connectivity index (χ0) is 20.8. The Kier molecular flexibility index (Phi) is 5.67. The fourth-order valence-corrected chi connectivity index (χ4v) is 6.56. The van der Waals surface area contributed by atoms with E-state index in [2.05, 4.69) is 63.0 Å². The van der Waals surface area contributed by atoms with Gasteiger partial charge in [-0.05, 0) is 72.4 Å². The van der Waals surface area contributed by atoms with Crippen LogP contribution < -0.4 is 5.32 Å². The van der Waals surface area contributed by atoms with Crippen LogP contribution >= 0.6 is 15.9 Å². The number of piperidine rings is 1. The summed E-state index contributed by atoms with van der Waals surface area (Å²) in [6, 6.07) is 7.12. The molecule has 0 bridgehead atoms. The molecule has 1 aromatic heterocycles. The molecule has 0 spiro atoms. The van der Waals surface area contributed by atoms with Crippen LogP contribution in [-0.2, 0) is 23.0 Å². The third kappa shape index (κ3) is 3.51. The zero-order valence-electron chi connectivity index (χ0n) is 18.0. The third-order valence-corrected chi connectivity index (χ3v) is 8.57. The van der Waals surface area contributed by atoms with Gasteiger partial charge in [0.1, 0.15) is 6.04 Å². The van der Waals surface area contributed by atoms with E-state index in [1.54, 1.807) is 0 Å².